The number of fused-ring (bicyclic) bond motifs is 1. The van der Waals surface area contributed by atoms with Crippen LogP contribution in [0.2, 0.25) is 5.02 Å². The minimum atomic E-state index is -3.59. The minimum Gasteiger partial charge on any atom is -0.348 e. The van der Waals surface area contributed by atoms with E-state index in [4.69, 9.17) is 11.6 Å². The molecule has 0 spiro atoms. The number of carbonyl (C=O) groups excluding carboxylic acids is 1. The Morgan fingerprint density at radius 3 is 2.63 bits per heavy atom. The first-order chi connectivity index (χ1) is 14.4. The second-order valence-corrected chi connectivity index (χ2v) is 9.39. The molecule has 1 amide bonds. The Bertz CT molecular complexity index is 1160. The van der Waals surface area contributed by atoms with Gasteiger partial charge in [-0.05, 0) is 17.2 Å². The third kappa shape index (κ3) is 4.72. The molecule has 0 saturated carbocycles. The molecular weight excluding hydrogens is 424 g/mol. The second-order valence-electron chi connectivity index (χ2n) is 7.22. The Hall–Kier alpha value is -2.68. The molecule has 2 heterocycles. The van der Waals surface area contributed by atoms with E-state index in [-0.39, 0.29) is 17.7 Å². The maximum Gasteiger partial charge on any atom is 0.255 e. The van der Waals surface area contributed by atoms with Gasteiger partial charge >= 0.3 is 0 Å². The fourth-order valence-corrected chi connectivity index (χ4v) is 5.24. The summed E-state index contributed by atoms with van der Waals surface area (Å²) < 4.78 is 29.6. The van der Waals surface area contributed by atoms with Gasteiger partial charge in [0.1, 0.15) is 0 Å². The van der Waals surface area contributed by atoms with Crippen LogP contribution in [0.1, 0.15) is 27.2 Å². The number of amides is 1. The topological polar surface area (TPSA) is 93.1 Å². The number of aromatic nitrogens is 2. The van der Waals surface area contributed by atoms with Crippen LogP contribution >= 0.6 is 11.6 Å². The number of hydrogen-bond donors (Lipinski definition) is 2. The summed E-state index contributed by atoms with van der Waals surface area (Å²) in [5.74, 6) is -0.421. The van der Waals surface area contributed by atoms with E-state index < -0.39 is 10.0 Å². The quantitative estimate of drug-likeness (QED) is 0.585. The van der Waals surface area contributed by atoms with Gasteiger partial charge < -0.3 is 5.32 Å². The minimum absolute atomic E-state index is 0.199. The summed E-state index contributed by atoms with van der Waals surface area (Å²) >= 11 is 6.08. The molecule has 7 nitrogen and oxygen atoms in total. The van der Waals surface area contributed by atoms with Crippen molar-refractivity contribution in [1.29, 1.82) is 0 Å². The molecule has 1 atom stereocenters. The third-order valence-corrected chi connectivity index (χ3v) is 6.72. The third-order valence-electron chi connectivity index (χ3n) is 4.97. The largest absolute Gasteiger partial charge is 0.348 e. The van der Waals surface area contributed by atoms with Crippen molar-refractivity contribution in [3.05, 3.63) is 88.2 Å². The van der Waals surface area contributed by atoms with Gasteiger partial charge in [0.15, 0.2) is 0 Å². The van der Waals surface area contributed by atoms with Crippen LogP contribution in [0.5, 0.6) is 0 Å². The molecule has 1 aromatic heterocycles. The van der Waals surface area contributed by atoms with Crippen molar-refractivity contribution in [3.8, 4) is 0 Å². The Kier molecular flexibility index (Phi) is 5.90. The van der Waals surface area contributed by atoms with E-state index in [0.29, 0.717) is 35.7 Å². The molecule has 9 heteroatoms. The fraction of sp³-hybridized carbons (Fsp3) is 0.238. The lowest BCUT2D eigenvalue weighted by Crippen LogP contribution is -2.37. The molecule has 0 aliphatic carbocycles. The maximum atomic E-state index is 12.6. The first kappa shape index (κ1) is 20.6. The highest BCUT2D eigenvalue weighted by molar-refractivity contribution is 7.88. The number of nitrogens with one attached hydrogen (secondary N) is 2. The highest BCUT2D eigenvalue weighted by Gasteiger charge is 2.30. The van der Waals surface area contributed by atoms with E-state index in [2.05, 4.69) is 15.1 Å². The molecule has 1 aliphatic heterocycles. The van der Waals surface area contributed by atoms with Crippen molar-refractivity contribution in [2.45, 2.75) is 31.3 Å². The zero-order chi connectivity index (χ0) is 21.1. The van der Waals surface area contributed by atoms with Crippen molar-refractivity contribution < 1.29 is 13.2 Å². The lowest BCUT2D eigenvalue weighted by molar-refractivity contribution is 0.0950. The summed E-state index contributed by atoms with van der Waals surface area (Å²) in [7, 11) is -3.59. The first-order valence-electron chi connectivity index (χ1n) is 9.51. The number of rotatable bonds is 7. The van der Waals surface area contributed by atoms with Crippen molar-refractivity contribution >= 4 is 27.5 Å². The molecule has 30 heavy (non-hydrogen) atoms. The maximum absolute atomic E-state index is 12.6. The number of hydrogen-bond acceptors (Lipinski definition) is 4. The fourth-order valence-electron chi connectivity index (χ4n) is 3.55. The normalized spacial score (nSPS) is 15.7. The average Bonchev–Trinajstić information content (AvgIpc) is 3.28. The van der Waals surface area contributed by atoms with Crippen LogP contribution in [0.15, 0.2) is 60.8 Å². The molecule has 1 unspecified atom stereocenters. The van der Waals surface area contributed by atoms with Crippen LogP contribution in [0.3, 0.4) is 0 Å². The number of benzene rings is 2. The Morgan fingerprint density at radius 2 is 1.87 bits per heavy atom. The molecule has 3 aromatic rings. The predicted molar refractivity (Wildman–Crippen MR) is 115 cm³/mol. The molecule has 0 radical (unpaired) electrons. The van der Waals surface area contributed by atoms with Gasteiger partial charge in [-0.25, -0.2) is 13.1 Å². The molecule has 1 aliphatic rings. The van der Waals surface area contributed by atoms with Gasteiger partial charge in [-0.15, -0.1) is 0 Å². The number of carbonyl (C=O) groups is 1. The SMILES string of the molecule is O=C(NCc1ccccc1)c1cnn2c1CC(NS(=O)(=O)Cc1ccccc1Cl)C2. The summed E-state index contributed by atoms with van der Waals surface area (Å²) in [4.78, 5) is 12.6. The van der Waals surface area contributed by atoms with Crippen molar-refractivity contribution in [2.75, 3.05) is 0 Å². The first-order valence-corrected chi connectivity index (χ1v) is 11.5. The summed E-state index contributed by atoms with van der Waals surface area (Å²) in [5, 5.41) is 7.55. The Labute approximate surface area is 180 Å². The van der Waals surface area contributed by atoms with Gasteiger partial charge in [-0.3, -0.25) is 9.48 Å². The van der Waals surface area contributed by atoms with Gasteiger partial charge in [0.2, 0.25) is 10.0 Å². The van der Waals surface area contributed by atoms with Gasteiger partial charge in [0.05, 0.1) is 29.8 Å². The highest BCUT2D eigenvalue weighted by atomic mass is 35.5. The van der Waals surface area contributed by atoms with Crippen molar-refractivity contribution in [1.82, 2.24) is 19.8 Å². The smallest absolute Gasteiger partial charge is 0.255 e. The van der Waals surface area contributed by atoms with Crippen LogP contribution in [-0.2, 0) is 35.3 Å². The molecule has 156 valence electrons. The zero-order valence-corrected chi connectivity index (χ0v) is 17.7. The summed E-state index contributed by atoms with van der Waals surface area (Å²) in [6.45, 7) is 0.793. The van der Waals surface area contributed by atoms with Gasteiger partial charge in [0.25, 0.3) is 5.91 Å². The van der Waals surface area contributed by atoms with Crippen LogP contribution in [0.4, 0.5) is 0 Å². The number of sulfonamides is 1. The molecule has 0 fully saturated rings. The lowest BCUT2D eigenvalue weighted by Gasteiger charge is -2.13. The van der Waals surface area contributed by atoms with Gasteiger partial charge in [0, 0.05) is 24.0 Å². The van der Waals surface area contributed by atoms with E-state index >= 15 is 0 Å². The van der Waals surface area contributed by atoms with Gasteiger partial charge in [-0.2, -0.15) is 5.10 Å². The van der Waals surface area contributed by atoms with Crippen LogP contribution in [-0.4, -0.2) is 30.1 Å². The molecule has 2 N–H and O–H groups in total. The van der Waals surface area contributed by atoms with E-state index in [1.165, 1.54) is 6.20 Å². The average molecular weight is 445 g/mol. The summed E-state index contributed by atoms with van der Waals surface area (Å²) in [6, 6.07) is 16.1. The van der Waals surface area contributed by atoms with E-state index in [1.54, 1.807) is 28.9 Å². The van der Waals surface area contributed by atoms with Crippen LogP contribution in [0.25, 0.3) is 0 Å². The van der Waals surface area contributed by atoms with E-state index in [1.807, 2.05) is 30.3 Å². The molecule has 0 saturated heterocycles. The molecule has 0 bridgehead atoms. The summed E-state index contributed by atoms with van der Waals surface area (Å²) in [5.41, 5.74) is 2.74. The highest BCUT2D eigenvalue weighted by Crippen LogP contribution is 2.21. The number of halogens is 1. The predicted octanol–water partition coefficient (Wildman–Crippen LogP) is 2.51. The van der Waals surface area contributed by atoms with Gasteiger partial charge in [-0.1, -0.05) is 60.1 Å². The molecule has 4 rings (SSSR count). The summed E-state index contributed by atoms with van der Waals surface area (Å²) in [6.07, 6.45) is 1.93. The van der Waals surface area contributed by atoms with Crippen molar-refractivity contribution in [3.63, 3.8) is 0 Å². The lowest BCUT2D eigenvalue weighted by atomic mass is 10.1. The van der Waals surface area contributed by atoms with E-state index in [9.17, 15) is 13.2 Å². The standard InChI is InChI=1S/C21H21ClN4O3S/c22-19-9-5-4-8-16(19)14-30(28,29)25-17-10-20-18(12-24-26(20)13-17)21(27)23-11-15-6-2-1-3-7-15/h1-9,12,17,25H,10-11,13-14H2,(H,23,27). The van der Waals surface area contributed by atoms with Crippen LogP contribution < -0.4 is 10.0 Å². The number of nitrogens with zero attached hydrogens (tertiary/aromatic N) is 2. The zero-order valence-electron chi connectivity index (χ0n) is 16.1. The van der Waals surface area contributed by atoms with E-state index in [0.717, 1.165) is 11.3 Å². The van der Waals surface area contributed by atoms with Crippen LogP contribution in [0, 0.1) is 0 Å². The Morgan fingerprint density at radius 1 is 1.13 bits per heavy atom. The Balaban J connectivity index is 1.38. The monoisotopic (exact) mass is 444 g/mol. The second kappa shape index (κ2) is 8.59. The molecular formula is C21H21ClN4O3S. The van der Waals surface area contributed by atoms with Crippen molar-refractivity contribution in [2.24, 2.45) is 0 Å². The molecule has 2 aromatic carbocycles.